The van der Waals surface area contributed by atoms with Gasteiger partial charge in [0.25, 0.3) is 0 Å². The summed E-state index contributed by atoms with van der Waals surface area (Å²) in [5.41, 5.74) is 0. The van der Waals surface area contributed by atoms with E-state index in [0.717, 1.165) is 5.82 Å². The highest BCUT2D eigenvalue weighted by Crippen LogP contribution is 2.13. The second-order valence-electron chi connectivity index (χ2n) is 1.90. The van der Waals surface area contributed by atoms with E-state index in [0.29, 0.717) is 5.82 Å². The van der Waals surface area contributed by atoms with Gasteiger partial charge in [-0.05, 0) is 13.8 Å². The summed E-state index contributed by atoms with van der Waals surface area (Å²) >= 11 is 5.67. The largest absolute Gasteiger partial charge is 0.263 e. The molecule has 3 nitrogen and oxygen atoms in total. The number of halogens is 1. The standard InChI is InChI=1S/C5H8ClN3/c1-3(6)5-7-4(2)8-9-5/h3H,1-2H3,(H,7,8,9)/t3-/m1/s1. The summed E-state index contributed by atoms with van der Waals surface area (Å²) in [6.45, 7) is 3.68. The molecule has 0 aliphatic carbocycles. The Balaban J connectivity index is 2.85. The fourth-order valence-electron chi connectivity index (χ4n) is 0.538. The van der Waals surface area contributed by atoms with Crippen molar-refractivity contribution in [2.45, 2.75) is 19.2 Å². The van der Waals surface area contributed by atoms with Gasteiger partial charge in [0, 0.05) is 0 Å². The number of nitrogens with one attached hydrogen (secondary N) is 1. The molecule has 1 N–H and O–H groups in total. The van der Waals surface area contributed by atoms with Crippen LogP contribution in [0.25, 0.3) is 0 Å². The molecule has 0 fully saturated rings. The van der Waals surface area contributed by atoms with Gasteiger partial charge in [-0.2, -0.15) is 5.10 Å². The third-order valence-corrected chi connectivity index (χ3v) is 1.17. The molecule has 1 heterocycles. The lowest BCUT2D eigenvalue weighted by Crippen LogP contribution is -1.86. The van der Waals surface area contributed by atoms with Crippen LogP contribution in [0.5, 0.6) is 0 Å². The van der Waals surface area contributed by atoms with E-state index in [1.165, 1.54) is 0 Å². The fraction of sp³-hybridized carbons (Fsp3) is 0.600. The molecule has 4 heteroatoms. The van der Waals surface area contributed by atoms with Gasteiger partial charge < -0.3 is 0 Å². The lowest BCUT2D eigenvalue weighted by Gasteiger charge is -1.89. The highest BCUT2D eigenvalue weighted by molar-refractivity contribution is 6.20. The zero-order valence-electron chi connectivity index (χ0n) is 5.35. The number of aromatic amines is 1. The highest BCUT2D eigenvalue weighted by Gasteiger charge is 2.04. The SMILES string of the molecule is Cc1nc([C@@H](C)Cl)n[nH]1. The van der Waals surface area contributed by atoms with Crippen molar-refractivity contribution in [1.29, 1.82) is 0 Å². The smallest absolute Gasteiger partial charge is 0.168 e. The van der Waals surface area contributed by atoms with Gasteiger partial charge in [-0.3, -0.25) is 5.10 Å². The maximum absolute atomic E-state index is 5.67. The van der Waals surface area contributed by atoms with E-state index < -0.39 is 0 Å². The van der Waals surface area contributed by atoms with E-state index in [9.17, 15) is 0 Å². The Morgan fingerprint density at radius 1 is 1.67 bits per heavy atom. The average molecular weight is 146 g/mol. The number of aromatic nitrogens is 3. The Kier molecular flexibility index (Phi) is 1.71. The number of aryl methyl sites for hydroxylation is 1. The summed E-state index contributed by atoms with van der Waals surface area (Å²) in [6.07, 6.45) is 0. The molecular formula is C5H8ClN3. The van der Waals surface area contributed by atoms with Crippen molar-refractivity contribution in [3.63, 3.8) is 0 Å². The van der Waals surface area contributed by atoms with Crippen LogP contribution in [0, 0.1) is 6.92 Å². The van der Waals surface area contributed by atoms with Crippen LogP contribution < -0.4 is 0 Å². The molecule has 0 saturated heterocycles. The molecule has 1 aromatic heterocycles. The summed E-state index contributed by atoms with van der Waals surface area (Å²) in [5.74, 6) is 1.46. The molecule has 50 valence electrons. The maximum atomic E-state index is 5.67. The topological polar surface area (TPSA) is 41.6 Å². The van der Waals surface area contributed by atoms with Crippen molar-refractivity contribution in [3.8, 4) is 0 Å². The van der Waals surface area contributed by atoms with Crippen molar-refractivity contribution < 1.29 is 0 Å². The monoisotopic (exact) mass is 145 g/mol. The Morgan fingerprint density at radius 2 is 2.33 bits per heavy atom. The first-order valence-electron chi connectivity index (χ1n) is 2.73. The lowest BCUT2D eigenvalue weighted by atomic mass is 10.5. The van der Waals surface area contributed by atoms with Crippen molar-refractivity contribution in [1.82, 2.24) is 15.2 Å². The molecular weight excluding hydrogens is 138 g/mol. The number of H-pyrrole nitrogens is 1. The minimum atomic E-state index is -0.102. The second kappa shape index (κ2) is 2.35. The van der Waals surface area contributed by atoms with Crippen molar-refractivity contribution in [3.05, 3.63) is 11.6 Å². The van der Waals surface area contributed by atoms with Gasteiger partial charge in [-0.1, -0.05) is 0 Å². The molecule has 0 saturated carbocycles. The Labute approximate surface area is 58.4 Å². The first-order chi connectivity index (χ1) is 4.20. The van der Waals surface area contributed by atoms with Gasteiger partial charge in [-0.15, -0.1) is 11.6 Å². The van der Waals surface area contributed by atoms with Gasteiger partial charge in [0.2, 0.25) is 0 Å². The molecule has 1 rings (SSSR count). The average Bonchev–Trinajstić information content (AvgIpc) is 2.14. The summed E-state index contributed by atoms with van der Waals surface area (Å²) in [4.78, 5) is 4.01. The van der Waals surface area contributed by atoms with Gasteiger partial charge in [0.05, 0.1) is 5.38 Å². The minimum absolute atomic E-state index is 0.102. The van der Waals surface area contributed by atoms with Crippen LogP contribution in [-0.4, -0.2) is 15.2 Å². The Bertz CT molecular complexity index is 194. The van der Waals surface area contributed by atoms with Crippen LogP contribution in [-0.2, 0) is 0 Å². The van der Waals surface area contributed by atoms with Crippen molar-refractivity contribution >= 4 is 11.6 Å². The van der Waals surface area contributed by atoms with E-state index >= 15 is 0 Å². The summed E-state index contributed by atoms with van der Waals surface area (Å²) < 4.78 is 0. The molecule has 9 heavy (non-hydrogen) atoms. The molecule has 1 atom stereocenters. The van der Waals surface area contributed by atoms with E-state index in [-0.39, 0.29) is 5.38 Å². The van der Waals surface area contributed by atoms with E-state index in [1.807, 2.05) is 13.8 Å². The van der Waals surface area contributed by atoms with E-state index in [2.05, 4.69) is 15.2 Å². The molecule has 0 aromatic carbocycles. The van der Waals surface area contributed by atoms with Crippen molar-refractivity contribution in [2.75, 3.05) is 0 Å². The van der Waals surface area contributed by atoms with Crippen LogP contribution in [0.15, 0.2) is 0 Å². The van der Waals surface area contributed by atoms with E-state index in [4.69, 9.17) is 11.6 Å². The molecule has 0 aliphatic rings. The number of nitrogens with zero attached hydrogens (tertiary/aromatic N) is 2. The maximum Gasteiger partial charge on any atom is 0.168 e. The van der Waals surface area contributed by atoms with Gasteiger partial charge in [-0.25, -0.2) is 4.98 Å². The van der Waals surface area contributed by atoms with Gasteiger partial charge in [0.1, 0.15) is 5.82 Å². The fourth-order valence-corrected chi connectivity index (χ4v) is 0.635. The van der Waals surface area contributed by atoms with E-state index in [1.54, 1.807) is 0 Å². The summed E-state index contributed by atoms with van der Waals surface area (Å²) in [5, 5.41) is 6.45. The molecule has 1 aromatic rings. The second-order valence-corrected chi connectivity index (χ2v) is 2.55. The number of hydrogen-bond acceptors (Lipinski definition) is 2. The quantitative estimate of drug-likeness (QED) is 0.608. The lowest BCUT2D eigenvalue weighted by molar-refractivity contribution is 0.918. The van der Waals surface area contributed by atoms with Gasteiger partial charge >= 0.3 is 0 Å². The van der Waals surface area contributed by atoms with Crippen LogP contribution in [0.4, 0.5) is 0 Å². The Hall–Kier alpha value is -0.570. The summed E-state index contributed by atoms with van der Waals surface area (Å²) in [7, 11) is 0. The third kappa shape index (κ3) is 1.42. The predicted molar refractivity (Wildman–Crippen MR) is 35.4 cm³/mol. The first kappa shape index (κ1) is 6.55. The molecule has 0 radical (unpaired) electrons. The number of hydrogen-bond donors (Lipinski definition) is 1. The van der Waals surface area contributed by atoms with Crippen LogP contribution in [0.1, 0.15) is 23.9 Å². The highest BCUT2D eigenvalue weighted by atomic mass is 35.5. The van der Waals surface area contributed by atoms with Gasteiger partial charge in [0.15, 0.2) is 5.82 Å². The Morgan fingerprint density at radius 3 is 2.56 bits per heavy atom. The molecule has 0 aliphatic heterocycles. The molecule has 0 bridgehead atoms. The zero-order valence-corrected chi connectivity index (χ0v) is 6.11. The number of rotatable bonds is 1. The normalized spacial score (nSPS) is 13.7. The summed E-state index contributed by atoms with van der Waals surface area (Å²) in [6, 6.07) is 0. The first-order valence-corrected chi connectivity index (χ1v) is 3.17. The molecule has 0 amide bonds. The molecule has 0 spiro atoms. The zero-order chi connectivity index (χ0) is 6.85. The van der Waals surface area contributed by atoms with Crippen LogP contribution in [0.3, 0.4) is 0 Å². The number of alkyl halides is 1. The van der Waals surface area contributed by atoms with Crippen LogP contribution >= 0.6 is 11.6 Å². The predicted octanol–water partition coefficient (Wildman–Crippen LogP) is 1.41. The molecule has 0 unspecified atom stereocenters. The third-order valence-electron chi connectivity index (χ3n) is 0.970. The minimum Gasteiger partial charge on any atom is -0.263 e. The van der Waals surface area contributed by atoms with Crippen molar-refractivity contribution in [2.24, 2.45) is 0 Å². The van der Waals surface area contributed by atoms with Crippen LogP contribution in [0.2, 0.25) is 0 Å².